The molecule has 0 saturated heterocycles. The molecule has 0 radical (unpaired) electrons. The van der Waals surface area contributed by atoms with Crippen LogP contribution in [-0.2, 0) is 22.2 Å². The number of aromatic nitrogens is 1. The van der Waals surface area contributed by atoms with Crippen molar-refractivity contribution in [2.75, 3.05) is 13.7 Å². The van der Waals surface area contributed by atoms with Gasteiger partial charge in [-0.25, -0.2) is 18.1 Å². The summed E-state index contributed by atoms with van der Waals surface area (Å²) in [5.74, 6) is 0.771. The second-order valence-electron chi connectivity index (χ2n) is 5.76. The van der Waals surface area contributed by atoms with Crippen LogP contribution in [0.1, 0.15) is 11.3 Å². The van der Waals surface area contributed by atoms with Crippen molar-refractivity contribution in [3.8, 4) is 16.3 Å². The molecule has 0 saturated carbocycles. The Bertz CT molecular complexity index is 954. The monoisotopic (exact) mass is 388 g/mol. The molecular formula is C19H20N2O3S2. The first kappa shape index (κ1) is 18.6. The van der Waals surface area contributed by atoms with Crippen molar-refractivity contribution < 1.29 is 13.2 Å². The standard InChI is InChI=1S/C19H20N2O3S2/c1-24-18-9-5-8-16(12-18)19-21-17(13-25-19)10-11-20-26(22,23)14-15-6-3-2-4-7-15/h2-9,12-13,20H,10-11,14H2,1H3. The van der Waals surface area contributed by atoms with E-state index in [2.05, 4.69) is 9.71 Å². The summed E-state index contributed by atoms with van der Waals surface area (Å²) in [6, 6.07) is 16.9. The van der Waals surface area contributed by atoms with Crippen molar-refractivity contribution in [1.82, 2.24) is 9.71 Å². The molecule has 0 fully saturated rings. The van der Waals surface area contributed by atoms with E-state index in [1.165, 1.54) is 11.3 Å². The zero-order valence-electron chi connectivity index (χ0n) is 14.4. The first-order valence-corrected chi connectivity index (χ1v) is 10.7. The fourth-order valence-corrected chi connectivity index (χ4v) is 4.49. The van der Waals surface area contributed by atoms with E-state index in [9.17, 15) is 8.42 Å². The van der Waals surface area contributed by atoms with Crippen LogP contribution in [0.2, 0.25) is 0 Å². The molecule has 5 nitrogen and oxygen atoms in total. The molecule has 1 aromatic heterocycles. The van der Waals surface area contributed by atoms with Gasteiger partial charge in [0.2, 0.25) is 10.0 Å². The van der Waals surface area contributed by atoms with Gasteiger partial charge in [-0.2, -0.15) is 0 Å². The first-order chi connectivity index (χ1) is 12.6. The normalized spacial score (nSPS) is 11.4. The number of sulfonamides is 1. The summed E-state index contributed by atoms with van der Waals surface area (Å²) in [5.41, 5.74) is 2.63. The number of rotatable bonds is 8. The van der Waals surface area contributed by atoms with Gasteiger partial charge >= 0.3 is 0 Å². The maximum atomic E-state index is 12.1. The van der Waals surface area contributed by atoms with Crippen molar-refractivity contribution in [3.05, 3.63) is 71.2 Å². The minimum absolute atomic E-state index is 0.0139. The summed E-state index contributed by atoms with van der Waals surface area (Å²) in [6.45, 7) is 0.330. The van der Waals surface area contributed by atoms with Gasteiger partial charge in [-0.05, 0) is 17.7 Å². The number of hydrogen-bond acceptors (Lipinski definition) is 5. The van der Waals surface area contributed by atoms with Gasteiger partial charge in [-0.3, -0.25) is 0 Å². The first-order valence-electron chi connectivity index (χ1n) is 8.16. The number of nitrogens with zero attached hydrogens (tertiary/aromatic N) is 1. The summed E-state index contributed by atoms with van der Waals surface area (Å²) < 4.78 is 32.2. The number of benzene rings is 2. The molecule has 1 heterocycles. The highest BCUT2D eigenvalue weighted by molar-refractivity contribution is 7.88. The molecule has 0 aliphatic carbocycles. The molecule has 0 aliphatic rings. The van der Waals surface area contributed by atoms with E-state index in [-0.39, 0.29) is 5.75 Å². The third kappa shape index (κ3) is 5.14. The lowest BCUT2D eigenvalue weighted by molar-refractivity contribution is 0.415. The Morgan fingerprint density at radius 1 is 1.12 bits per heavy atom. The molecule has 1 N–H and O–H groups in total. The third-order valence-electron chi connectivity index (χ3n) is 3.77. The number of hydrogen-bond donors (Lipinski definition) is 1. The van der Waals surface area contributed by atoms with E-state index in [1.54, 1.807) is 19.2 Å². The Morgan fingerprint density at radius 3 is 2.69 bits per heavy atom. The van der Waals surface area contributed by atoms with Crippen LogP contribution in [0.3, 0.4) is 0 Å². The highest BCUT2D eigenvalue weighted by Gasteiger charge is 2.12. The molecule has 2 aromatic carbocycles. The fraction of sp³-hybridized carbons (Fsp3) is 0.211. The molecule has 0 spiro atoms. The smallest absolute Gasteiger partial charge is 0.215 e. The maximum absolute atomic E-state index is 12.1. The summed E-state index contributed by atoms with van der Waals surface area (Å²) >= 11 is 1.54. The predicted molar refractivity (Wildman–Crippen MR) is 105 cm³/mol. The van der Waals surface area contributed by atoms with Crippen molar-refractivity contribution in [2.45, 2.75) is 12.2 Å². The highest BCUT2D eigenvalue weighted by Crippen LogP contribution is 2.26. The van der Waals surface area contributed by atoms with Gasteiger partial charge in [0.25, 0.3) is 0 Å². The number of thiazole rings is 1. The minimum Gasteiger partial charge on any atom is -0.497 e. The summed E-state index contributed by atoms with van der Waals surface area (Å²) in [7, 11) is -1.72. The van der Waals surface area contributed by atoms with Crippen LogP contribution in [-0.4, -0.2) is 27.1 Å². The quantitative estimate of drug-likeness (QED) is 0.641. The third-order valence-corrected chi connectivity index (χ3v) is 6.07. The summed E-state index contributed by atoms with van der Waals surface area (Å²) in [4.78, 5) is 4.59. The van der Waals surface area contributed by atoms with E-state index < -0.39 is 10.0 Å². The van der Waals surface area contributed by atoms with Crippen molar-refractivity contribution in [2.24, 2.45) is 0 Å². The van der Waals surface area contributed by atoms with E-state index in [1.807, 2.05) is 47.8 Å². The molecule has 0 aliphatic heterocycles. The molecule has 136 valence electrons. The molecule has 3 rings (SSSR count). The van der Waals surface area contributed by atoms with E-state index in [4.69, 9.17) is 4.74 Å². The predicted octanol–water partition coefficient (Wildman–Crippen LogP) is 3.48. The van der Waals surface area contributed by atoms with Gasteiger partial charge in [0, 0.05) is 23.9 Å². The highest BCUT2D eigenvalue weighted by atomic mass is 32.2. The molecule has 26 heavy (non-hydrogen) atoms. The van der Waals surface area contributed by atoms with Crippen LogP contribution in [0.25, 0.3) is 10.6 Å². The molecule has 0 bridgehead atoms. The van der Waals surface area contributed by atoms with Crippen molar-refractivity contribution in [1.29, 1.82) is 0 Å². The van der Waals surface area contributed by atoms with E-state index in [0.717, 1.165) is 27.6 Å². The average molecular weight is 389 g/mol. The Hall–Kier alpha value is -2.22. The maximum Gasteiger partial charge on any atom is 0.215 e. The number of nitrogens with one attached hydrogen (secondary N) is 1. The van der Waals surface area contributed by atoms with Crippen LogP contribution < -0.4 is 9.46 Å². The van der Waals surface area contributed by atoms with Crippen LogP contribution in [0.4, 0.5) is 0 Å². The number of methoxy groups -OCH3 is 1. The second kappa shape index (κ2) is 8.44. The lowest BCUT2D eigenvalue weighted by Crippen LogP contribution is -2.27. The van der Waals surface area contributed by atoms with Crippen LogP contribution in [0.5, 0.6) is 5.75 Å². The lowest BCUT2D eigenvalue weighted by atomic mass is 10.2. The summed E-state index contributed by atoms with van der Waals surface area (Å²) in [6.07, 6.45) is 0.550. The fourth-order valence-electron chi connectivity index (χ4n) is 2.49. The van der Waals surface area contributed by atoms with Gasteiger partial charge < -0.3 is 4.74 Å². The van der Waals surface area contributed by atoms with Gasteiger partial charge in [0.05, 0.1) is 18.6 Å². The largest absolute Gasteiger partial charge is 0.497 e. The van der Waals surface area contributed by atoms with Crippen LogP contribution in [0, 0.1) is 0 Å². The van der Waals surface area contributed by atoms with E-state index in [0.29, 0.717) is 13.0 Å². The minimum atomic E-state index is -3.35. The average Bonchev–Trinajstić information content (AvgIpc) is 3.11. The van der Waals surface area contributed by atoms with Crippen LogP contribution >= 0.6 is 11.3 Å². The summed E-state index contributed by atoms with van der Waals surface area (Å²) in [5, 5.41) is 2.85. The van der Waals surface area contributed by atoms with Gasteiger partial charge in [0.1, 0.15) is 10.8 Å². The Balaban J connectivity index is 1.56. The van der Waals surface area contributed by atoms with Gasteiger partial charge in [-0.15, -0.1) is 11.3 Å². The zero-order valence-corrected chi connectivity index (χ0v) is 16.0. The Morgan fingerprint density at radius 2 is 1.92 bits per heavy atom. The zero-order chi connectivity index (χ0) is 18.4. The van der Waals surface area contributed by atoms with Gasteiger partial charge in [-0.1, -0.05) is 42.5 Å². The van der Waals surface area contributed by atoms with E-state index >= 15 is 0 Å². The van der Waals surface area contributed by atoms with Crippen molar-refractivity contribution in [3.63, 3.8) is 0 Å². The topological polar surface area (TPSA) is 68.3 Å². The Kier molecular flexibility index (Phi) is 6.03. The van der Waals surface area contributed by atoms with Crippen molar-refractivity contribution >= 4 is 21.4 Å². The number of ether oxygens (including phenoxy) is 1. The lowest BCUT2D eigenvalue weighted by Gasteiger charge is -2.06. The Labute approximate surface area is 157 Å². The molecule has 3 aromatic rings. The van der Waals surface area contributed by atoms with Gasteiger partial charge in [0.15, 0.2) is 0 Å². The molecule has 0 unspecified atom stereocenters. The molecule has 7 heteroatoms. The molecule has 0 amide bonds. The second-order valence-corrected chi connectivity index (χ2v) is 8.43. The SMILES string of the molecule is COc1cccc(-c2nc(CCNS(=O)(=O)Cc3ccccc3)cs2)c1. The molecular weight excluding hydrogens is 368 g/mol. The molecule has 0 atom stereocenters. The van der Waals surface area contributed by atoms with Crippen LogP contribution in [0.15, 0.2) is 60.0 Å².